The number of aromatic nitrogens is 4. The van der Waals surface area contributed by atoms with Crippen molar-refractivity contribution in [2.75, 3.05) is 12.3 Å². The number of nitriles is 1. The average molecular weight is 285 g/mol. The summed E-state index contributed by atoms with van der Waals surface area (Å²) in [6.07, 6.45) is 9.02. The van der Waals surface area contributed by atoms with Gasteiger partial charge in [0.2, 0.25) is 12.1 Å². The zero-order valence-corrected chi connectivity index (χ0v) is 11.6. The van der Waals surface area contributed by atoms with Gasteiger partial charge >= 0.3 is 0 Å². The van der Waals surface area contributed by atoms with Gasteiger partial charge in [-0.1, -0.05) is 22.1 Å². The number of hydrogen-bond acceptors (Lipinski definition) is 5. The van der Waals surface area contributed by atoms with E-state index in [9.17, 15) is 0 Å². The van der Waals surface area contributed by atoms with E-state index in [0.29, 0.717) is 19.0 Å². The number of nitrogens with zero attached hydrogens (tertiary/aromatic N) is 4. The van der Waals surface area contributed by atoms with Gasteiger partial charge < -0.3 is 15.5 Å². The van der Waals surface area contributed by atoms with Gasteiger partial charge in [-0.05, 0) is 12.8 Å². The zero-order chi connectivity index (χ0) is 14.7. The summed E-state index contributed by atoms with van der Waals surface area (Å²) in [5.74, 6) is 0.474. The summed E-state index contributed by atoms with van der Waals surface area (Å²) in [7, 11) is 0. The molecule has 0 fully saturated rings. The van der Waals surface area contributed by atoms with E-state index in [4.69, 9.17) is 15.7 Å². The SMILES string of the molecule is N#CC1C=CC(OCC[n+]2cnc(N)c3[nH]cnc32)CC1. The summed E-state index contributed by atoms with van der Waals surface area (Å²) in [6, 6.07) is 2.25. The van der Waals surface area contributed by atoms with Crippen LogP contribution in [0.3, 0.4) is 0 Å². The number of nitrogens with two attached hydrogens (primary N) is 1. The molecule has 1 aliphatic carbocycles. The van der Waals surface area contributed by atoms with Gasteiger partial charge in [-0.15, -0.1) is 0 Å². The second-order valence-electron chi connectivity index (χ2n) is 5.03. The lowest BCUT2D eigenvalue weighted by molar-refractivity contribution is -0.677. The second kappa shape index (κ2) is 5.89. The van der Waals surface area contributed by atoms with Crippen LogP contribution in [0.4, 0.5) is 5.82 Å². The van der Waals surface area contributed by atoms with Crippen LogP contribution in [0.5, 0.6) is 0 Å². The monoisotopic (exact) mass is 285 g/mol. The first-order chi connectivity index (χ1) is 10.3. The Balaban J connectivity index is 1.59. The lowest BCUT2D eigenvalue weighted by atomic mass is 9.95. The van der Waals surface area contributed by atoms with Crippen molar-refractivity contribution in [3.8, 4) is 6.07 Å². The molecule has 7 heteroatoms. The van der Waals surface area contributed by atoms with Crippen LogP contribution < -0.4 is 10.3 Å². The van der Waals surface area contributed by atoms with Crippen LogP contribution in [0.15, 0.2) is 24.8 Å². The smallest absolute Gasteiger partial charge is 0.293 e. The number of aromatic amines is 1. The number of nitrogens with one attached hydrogen (secondary N) is 1. The molecule has 0 amide bonds. The van der Waals surface area contributed by atoms with Crippen LogP contribution in [0.25, 0.3) is 11.2 Å². The van der Waals surface area contributed by atoms with Crippen molar-refractivity contribution in [2.45, 2.75) is 25.5 Å². The number of ether oxygens (including phenoxy) is 1. The highest BCUT2D eigenvalue weighted by molar-refractivity contribution is 5.77. The highest BCUT2D eigenvalue weighted by Gasteiger charge is 2.17. The largest absolute Gasteiger partial charge is 0.371 e. The van der Waals surface area contributed by atoms with Crippen molar-refractivity contribution in [1.82, 2.24) is 15.0 Å². The quantitative estimate of drug-likeness (QED) is 0.635. The van der Waals surface area contributed by atoms with E-state index in [1.807, 2.05) is 16.7 Å². The van der Waals surface area contributed by atoms with Gasteiger partial charge in [0.1, 0.15) is 0 Å². The predicted octanol–water partition coefficient (Wildman–Crippen LogP) is 0.703. The molecule has 0 saturated carbocycles. The fourth-order valence-electron chi connectivity index (χ4n) is 2.45. The number of anilines is 1. The molecule has 0 aliphatic heterocycles. The third-order valence-electron chi connectivity index (χ3n) is 3.63. The van der Waals surface area contributed by atoms with Crippen molar-refractivity contribution < 1.29 is 9.30 Å². The number of nitrogen functional groups attached to an aromatic ring is 1. The second-order valence-corrected chi connectivity index (χ2v) is 5.03. The molecular weight excluding hydrogens is 268 g/mol. The van der Waals surface area contributed by atoms with E-state index < -0.39 is 0 Å². The van der Waals surface area contributed by atoms with Gasteiger partial charge in [0, 0.05) is 0 Å². The molecule has 2 unspecified atom stereocenters. The number of imidazole rings is 1. The van der Waals surface area contributed by atoms with Crippen molar-refractivity contribution in [1.29, 1.82) is 5.26 Å². The molecule has 0 saturated heterocycles. The highest BCUT2D eigenvalue weighted by atomic mass is 16.5. The van der Waals surface area contributed by atoms with Crippen molar-refractivity contribution in [2.24, 2.45) is 5.92 Å². The van der Waals surface area contributed by atoms with Crippen LogP contribution in [0.1, 0.15) is 12.8 Å². The first-order valence-electron chi connectivity index (χ1n) is 6.94. The van der Waals surface area contributed by atoms with E-state index in [2.05, 4.69) is 21.0 Å². The number of rotatable bonds is 4. The first-order valence-corrected chi connectivity index (χ1v) is 6.94. The molecule has 0 spiro atoms. The van der Waals surface area contributed by atoms with Gasteiger partial charge in [-0.2, -0.15) is 5.26 Å². The fraction of sp³-hybridized carbons (Fsp3) is 0.429. The van der Waals surface area contributed by atoms with Crippen LogP contribution >= 0.6 is 0 Å². The topological polar surface area (TPSA) is 104 Å². The summed E-state index contributed by atoms with van der Waals surface area (Å²) in [5.41, 5.74) is 7.29. The van der Waals surface area contributed by atoms with Gasteiger partial charge in [0.15, 0.2) is 11.8 Å². The zero-order valence-electron chi connectivity index (χ0n) is 11.6. The predicted molar refractivity (Wildman–Crippen MR) is 75.7 cm³/mol. The van der Waals surface area contributed by atoms with E-state index in [1.54, 1.807) is 12.7 Å². The molecule has 3 N–H and O–H groups in total. The fourth-order valence-corrected chi connectivity index (χ4v) is 2.45. The van der Waals surface area contributed by atoms with Gasteiger partial charge in [0.05, 0.1) is 31.2 Å². The molecule has 2 aromatic heterocycles. The Morgan fingerprint density at radius 1 is 1.43 bits per heavy atom. The Kier molecular flexibility index (Phi) is 3.79. The van der Waals surface area contributed by atoms with Crippen LogP contribution in [0.2, 0.25) is 0 Å². The molecule has 0 bridgehead atoms. The number of fused-ring (bicyclic) bond motifs is 1. The van der Waals surface area contributed by atoms with E-state index >= 15 is 0 Å². The summed E-state index contributed by atoms with van der Waals surface area (Å²) in [5, 5.41) is 8.83. The van der Waals surface area contributed by atoms with Crippen molar-refractivity contribution >= 4 is 17.0 Å². The van der Waals surface area contributed by atoms with Gasteiger partial charge in [-0.25, -0.2) is 4.57 Å². The minimum atomic E-state index is 0.0317. The standard InChI is InChI=1S/C14H16N6O/c15-7-10-1-3-11(4-2-10)21-6-5-20-9-19-13(16)12-14(20)18-8-17-12/h1,3,8-11H,2,4-6H2,(H2,16,17,18)/p+1. The Labute approximate surface area is 122 Å². The highest BCUT2D eigenvalue weighted by Crippen LogP contribution is 2.18. The first kappa shape index (κ1) is 13.5. The average Bonchev–Trinajstić information content (AvgIpc) is 3.01. The minimum absolute atomic E-state index is 0.0317. The van der Waals surface area contributed by atoms with Gasteiger partial charge in [-0.3, -0.25) is 0 Å². The molecule has 2 atom stereocenters. The summed E-state index contributed by atoms with van der Waals surface area (Å²) in [4.78, 5) is 11.4. The molecular formula is C14H17N6O+. The maximum atomic E-state index is 8.83. The summed E-state index contributed by atoms with van der Waals surface area (Å²) < 4.78 is 7.73. The van der Waals surface area contributed by atoms with Crippen molar-refractivity contribution in [3.63, 3.8) is 0 Å². The van der Waals surface area contributed by atoms with Crippen LogP contribution in [-0.2, 0) is 11.3 Å². The molecule has 2 heterocycles. The maximum absolute atomic E-state index is 8.83. The molecule has 7 nitrogen and oxygen atoms in total. The van der Waals surface area contributed by atoms with Gasteiger partial charge in [0.25, 0.3) is 5.65 Å². The maximum Gasteiger partial charge on any atom is 0.293 e. The molecule has 2 aromatic rings. The van der Waals surface area contributed by atoms with Crippen LogP contribution in [-0.4, -0.2) is 27.7 Å². The Morgan fingerprint density at radius 2 is 2.33 bits per heavy atom. The van der Waals surface area contributed by atoms with E-state index in [-0.39, 0.29) is 12.0 Å². The third kappa shape index (κ3) is 2.85. The lowest BCUT2D eigenvalue weighted by Gasteiger charge is -2.19. The Morgan fingerprint density at radius 3 is 3.10 bits per heavy atom. The molecule has 1 aliphatic rings. The number of H-pyrrole nitrogens is 1. The molecule has 108 valence electrons. The third-order valence-corrected chi connectivity index (χ3v) is 3.63. The summed E-state index contributed by atoms with van der Waals surface area (Å²) in [6.45, 7) is 1.21. The molecule has 3 rings (SSSR count). The summed E-state index contributed by atoms with van der Waals surface area (Å²) >= 11 is 0. The molecule has 0 radical (unpaired) electrons. The van der Waals surface area contributed by atoms with E-state index in [0.717, 1.165) is 24.0 Å². The Bertz CT molecular complexity index is 701. The van der Waals surface area contributed by atoms with Crippen molar-refractivity contribution in [3.05, 3.63) is 24.8 Å². The van der Waals surface area contributed by atoms with Crippen LogP contribution in [0, 0.1) is 17.2 Å². The normalized spacial score (nSPS) is 21.5. The number of hydrogen-bond donors (Lipinski definition) is 2. The molecule has 0 aromatic carbocycles. The minimum Gasteiger partial charge on any atom is -0.371 e. The Hall–Kier alpha value is -2.46. The number of allylic oxidation sites excluding steroid dienone is 1. The lowest BCUT2D eigenvalue weighted by Crippen LogP contribution is -2.38. The van der Waals surface area contributed by atoms with E-state index in [1.165, 1.54) is 0 Å². The molecule has 21 heavy (non-hydrogen) atoms.